The molecule has 310 valence electrons. The molecular formula is C57H64Cl2Zr. The van der Waals surface area contributed by atoms with Gasteiger partial charge in [0.25, 0.3) is 0 Å². The van der Waals surface area contributed by atoms with Crippen molar-refractivity contribution in [1.29, 1.82) is 0 Å². The first-order valence-electron chi connectivity index (χ1n) is 22.2. The van der Waals surface area contributed by atoms with Gasteiger partial charge in [0.05, 0.1) is 0 Å². The van der Waals surface area contributed by atoms with E-state index >= 15 is 0 Å². The SMILES string of the molecule is Cl.Cl.[CH2]=[Zr]([CH2]c1cccc2ccccc12)([CH2]c1cccc2ccccc12)([C]1=CC=CC1)[C]1(C)C2=C3Cc4ccccc4C3=C3C=CCCC3C2(C)C(C)(C)C(C)(C)C1(C)C. The zero-order valence-electron chi connectivity index (χ0n) is 37.1. The van der Waals surface area contributed by atoms with E-state index in [4.69, 9.17) is 4.21 Å². The Morgan fingerprint density at radius 2 is 1.20 bits per heavy atom. The second kappa shape index (κ2) is 14.3. The molecule has 3 atom stereocenters. The van der Waals surface area contributed by atoms with Crippen molar-refractivity contribution >= 4 is 56.1 Å². The summed E-state index contributed by atoms with van der Waals surface area (Å²) in [5.74, 6) is 0.431. The Kier molecular flexibility index (Phi) is 10.4. The number of hydrogen-bond donors (Lipinski definition) is 0. The fraction of sp³-hybridized carbons (Fsp3) is 0.351. The number of hydrogen-bond acceptors (Lipinski definition) is 0. The molecule has 3 heteroatoms. The van der Waals surface area contributed by atoms with Crippen molar-refractivity contribution in [3.63, 3.8) is 0 Å². The molecular weight excluding hydrogens is 847 g/mol. The molecule has 0 N–H and O–H groups in total. The topological polar surface area (TPSA) is 0 Å². The van der Waals surface area contributed by atoms with Gasteiger partial charge in [-0.2, -0.15) is 0 Å². The monoisotopic (exact) mass is 908 g/mol. The average molecular weight is 911 g/mol. The number of rotatable bonds is 6. The van der Waals surface area contributed by atoms with Crippen LogP contribution in [0.25, 0.3) is 27.1 Å². The Bertz CT molecular complexity index is 2720. The fourth-order valence-electron chi connectivity index (χ4n) is 14.8. The Hall–Kier alpha value is -3.35. The maximum atomic E-state index is 6.32. The first kappa shape index (κ1) is 43.3. The van der Waals surface area contributed by atoms with Crippen molar-refractivity contribution in [2.24, 2.45) is 27.6 Å². The molecule has 0 nitrogen and oxygen atoms in total. The van der Waals surface area contributed by atoms with Gasteiger partial charge in [0, 0.05) is 0 Å². The van der Waals surface area contributed by atoms with Crippen LogP contribution in [0.4, 0.5) is 0 Å². The zero-order valence-corrected chi connectivity index (χ0v) is 41.2. The predicted molar refractivity (Wildman–Crippen MR) is 263 cm³/mol. The molecule has 0 aromatic heterocycles. The molecule has 3 unspecified atom stereocenters. The number of fused-ring (bicyclic) bond motifs is 8. The first-order valence-corrected chi connectivity index (χ1v) is 29.9. The van der Waals surface area contributed by atoms with Gasteiger partial charge in [-0.25, -0.2) is 0 Å². The number of halogens is 2. The Labute approximate surface area is 373 Å². The molecule has 5 aliphatic rings. The van der Waals surface area contributed by atoms with Crippen molar-refractivity contribution in [2.45, 2.75) is 92.5 Å². The van der Waals surface area contributed by atoms with E-state index in [2.05, 4.69) is 195 Å². The van der Waals surface area contributed by atoms with Gasteiger partial charge in [-0.05, 0) is 0 Å². The van der Waals surface area contributed by atoms with E-state index in [1.54, 1.807) is 25.6 Å². The van der Waals surface area contributed by atoms with Gasteiger partial charge in [-0.15, -0.1) is 24.8 Å². The van der Waals surface area contributed by atoms with Crippen molar-refractivity contribution in [3.8, 4) is 0 Å². The van der Waals surface area contributed by atoms with Crippen molar-refractivity contribution in [2.75, 3.05) is 0 Å². The van der Waals surface area contributed by atoms with Gasteiger partial charge in [-0.3, -0.25) is 0 Å². The van der Waals surface area contributed by atoms with Crippen molar-refractivity contribution < 1.29 is 18.3 Å². The molecule has 5 aliphatic carbocycles. The number of benzene rings is 5. The minimum absolute atomic E-state index is 0. The first-order chi connectivity index (χ1) is 27.6. The Morgan fingerprint density at radius 3 is 1.80 bits per heavy atom. The third-order valence-electron chi connectivity index (χ3n) is 19.1. The summed E-state index contributed by atoms with van der Waals surface area (Å²) in [6.07, 6.45) is 16.9. The molecule has 5 aromatic rings. The second-order valence-electron chi connectivity index (χ2n) is 21.1. The van der Waals surface area contributed by atoms with Crippen LogP contribution in [0.2, 0.25) is 3.12 Å². The summed E-state index contributed by atoms with van der Waals surface area (Å²) < 4.78 is 9.83. The minimum atomic E-state index is -5.08. The summed E-state index contributed by atoms with van der Waals surface area (Å²) in [6, 6.07) is 42.1. The molecule has 1 saturated carbocycles. The van der Waals surface area contributed by atoms with Crippen LogP contribution in [0.5, 0.6) is 0 Å². The Morgan fingerprint density at radius 1 is 0.633 bits per heavy atom. The third kappa shape index (κ3) is 5.22. The van der Waals surface area contributed by atoms with Gasteiger partial charge in [0.2, 0.25) is 0 Å². The molecule has 0 radical (unpaired) electrons. The van der Waals surface area contributed by atoms with Crippen LogP contribution in [0.3, 0.4) is 0 Å². The predicted octanol–water partition coefficient (Wildman–Crippen LogP) is 16.1. The van der Waals surface area contributed by atoms with Gasteiger partial charge in [0.15, 0.2) is 0 Å². The second-order valence-corrected chi connectivity index (χ2v) is 36.4. The van der Waals surface area contributed by atoms with Crippen molar-refractivity contribution in [1.82, 2.24) is 0 Å². The van der Waals surface area contributed by atoms with Gasteiger partial charge in [0.1, 0.15) is 0 Å². The van der Waals surface area contributed by atoms with Crippen LogP contribution in [0.1, 0.15) is 96.9 Å². The molecule has 0 bridgehead atoms. The quantitative estimate of drug-likeness (QED) is 0.159. The van der Waals surface area contributed by atoms with Gasteiger partial charge < -0.3 is 0 Å². The van der Waals surface area contributed by atoms with Crippen LogP contribution in [0, 0.1) is 27.6 Å². The summed E-state index contributed by atoms with van der Waals surface area (Å²) in [4.78, 5) is 0. The van der Waals surface area contributed by atoms with Gasteiger partial charge in [-0.1, -0.05) is 0 Å². The van der Waals surface area contributed by atoms with Crippen molar-refractivity contribution in [3.05, 3.63) is 182 Å². The summed E-state index contributed by atoms with van der Waals surface area (Å²) in [6.45, 7) is 21.8. The molecule has 0 amide bonds. The molecule has 5 aromatic carbocycles. The van der Waals surface area contributed by atoms with Crippen LogP contribution >= 0.6 is 24.8 Å². The van der Waals surface area contributed by atoms with E-state index in [-0.39, 0.29) is 49.6 Å². The van der Waals surface area contributed by atoms with Gasteiger partial charge >= 0.3 is 351 Å². The van der Waals surface area contributed by atoms with Crippen LogP contribution in [-0.4, -0.2) is 4.21 Å². The molecule has 0 aliphatic heterocycles. The van der Waals surface area contributed by atoms with E-state index in [1.807, 2.05) is 0 Å². The fourth-order valence-corrected chi connectivity index (χ4v) is 35.9. The van der Waals surface area contributed by atoms with E-state index in [0.717, 1.165) is 27.5 Å². The van der Waals surface area contributed by atoms with E-state index in [0.29, 0.717) is 5.92 Å². The summed E-state index contributed by atoms with van der Waals surface area (Å²) in [7, 11) is 0. The molecule has 1 fully saturated rings. The molecule has 60 heavy (non-hydrogen) atoms. The maximum absolute atomic E-state index is 6.32. The van der Waals surface area contributed by atoms with Crippen LogP contribution in [0.15, 0.2) is 160 Å². The zero-order chi connectivity index (χ0) is 40.5. The molecule has 0 saturated heterocycles. The molecule has 0 heterocycles. The van der Waals surface area contributed by atoms with E-state index in [9.17, 15) is 0 Å². The normalized spacial score (nSPS) is 25.8. The standard InChI is InChI=1S/C29H37.2C11H9.C5H5.CH2.2ClH.Zr/c1-18-25-22-17-19-13-9-10-14-20(19)24(22)21-15-11-12-16-23(21)29(25,8)28(6,7)27(4,5)26(18,2)3;2*1-9-5-4-7-10-6-2-3-8-11(9)10;1-2-4-5-3-1;;;;/h9-11,13-15,23H,12,16-17H2,1-8H3;2*2-8H,1H2;1-3H,4H2;1H2;2*1H;. The summed E-state index contributed by atoms with van der Waals surface area (Å²) >= 11 is -5.08. The van der Waals surface area contributed by atoms with E-state index < -0.39 is 18.3 Å². The number of allylic oxidation sites excluding steroid dienone is 10. The van der Waals surface area contributed by atoms with Crippen LogP contribution < -0.4 is 0 Å². The molecule has 10 rings (SSSR count). The van der Waals surface area contributed by atoms with Crippen LogP contribution in [-0.2, 0) is 33.0 Å². The summed E-state index contributed by atoms with van der Waals surface area (Å²) in [5.41, 5.74) is 12.2. The molecule has 0 spiro atoms. The summed E-state index contributed by atoms with van der Waals surface area (Å²) in [5, 5.41) is 5.46. The third-order valence-corrected chi connectivity index (χ3v) is 38.9. The average Bonchev–Trinajstić information content (AvgIpc) is 3.91. The van der Waals surface area contributed by atoms with E-state index in [1.165, 1.54) is 50.2 Å². The Balaban J connectivity index is 0.00000249.